The van der Waals surface area contributed by atoms with E-state index in [1.165, 1.54) is 18.2 Å². The first-order valence-electron chi connectivity index (χ1n) is 10.00. The Bertz CT molecular complexity index is 1190. The number of rotatable bonds is 6. The van der Waals surface area contributed by atoms with E-state index in [0.717, 1.165) is 28.8 Å². The fraction of sp³-hybridized carbons (Fsp3) is 0.261. The van der Waals surface area contributed by atoms with Gasteiger partial charge in [0.15, 0.2) is 0 Å². The van der Waals surface area contributed by atoms with Gasteiger partial charge in [-0.25, -0.2) is 18.6 Å². The van der Waals surface area contributed by atoms with Crippen LogP contribution in [-0.4, -0.2) is 38.0 Å². The molecule has 3 heterocycles. The summed E-state index contributed by atoms with van der Waals surface area (Å²) in [6, 6.07) is 7.32. The molecular formula is C23H21F2N3O3. The van der Waals surface area contributed by atoms with Crippen LogP contribution in [0.15, 0.2) is 48.7 Å². The van der Waals surface area contributed by atoms with Crippen molar-refractivity contribution in [3.8, 4) is 0 Å². The van der Waals surface area contributed by atoms with Crippen molar-refractivity contribution in [1.82, 2.24) is 14.5 Å². The van der Waals surface area contributed by atoms with Gasteiger partial charge in [-0.1, -0.05) is 12.1 Å². The molecule has 1 aliphatic heterocycles. The van der Waals surface area contributed by atoms with E-state index < -0.39 is 17.6 Å². The molecule has 6 nitrogen and oxygen atoms in total. The van der Waals surface area contributed by atoms with Gasteiger partial charge in [0, 0.05) is 47.9 Å². The molecule has 0 radical (unpaired) electrons. The average molecular weight is 425 g/mol. The second-order valence-corrected chi connectivity index (χ2v) is 7.47. The molecule has 0 fully saturated rings. The lowest BCUT2D eigenvalue weighted by Gasteiger charge is -2.28. The van der Waals surface area contributed by atoms with Gasteiger partial charge >= 0.3 is 5.97 Å². The van der Waals surface area contributed by atoms with Gasteiger partial charge in [-0.3, -0.25) is 4.79 Å². The fourth-order valence-corrected chi connectivity index (χ4v) is 4.01. The van der Waals surface area contributed by atoms with E-state index in [9.17, 15) is 18.4 Å². The normalized spacial score (nSPS) is 13.7. The predicted octanol–water partition coefficient (Wildman–Crippen LogP) is 3.67. The molecule has 1 aromatic carbocycles. The molecule has 31 heavy (non-hydrogen) atoms. The number of halogens is 2. The van der Waals surface area contributed by atoms with Crippen LogP contribution in [0.25, 0.3) is 11.0 Å². The first-order valence-corrected chi connectivity index (χ1v) is 10.00. The summed E-state index contributed by atoms with van der Waals surface area (Å²) in [5.74, 6) is -2.37. The van der Waals surface area contributed by atoms with Crippen LogP contribution in [0.3, 0.4) is 0 Å². The van der Waals surface area contributed by atoms with Crippen molar-refractivity contribution in [2.45, 2.75) is 32.4 Å². The number of pyridine rings is 1. The maximum absolute atomic E-state index is 14.3. The highest BCUT2D eigenvalue weighted by molar-refractivity contribution is 5.84. The molecule has 160 valence electrons. The maximum Gasteiger partial charge on any atom is 0.327 e. The Kier molecular flexibility index (Phi) is 5.79. The quantitative estimate of drug-likeness (QED) is 0.612. The molecule has 0 bridgehead atoms. The van der Waals surface area contributed by atoms with Crippen molar-refractivity contribution in [1.29, 1.82) is 0 Å². The summed E-state index contributed by atoms with van der Waals surface area (Å²) in [5.41, 5.74) is 3.02. The number of carbonyl (C=O) groups excluding carboxylic acids is 1. The Morgan fingerprint density at radius 1 is 1.23 bits per heavy atom. The number of fused-ring (bicyclic) bond motifs is 3. The van der Waals surface area contributed by atoms with Crippen molar-refractivity contribution < 1.29 is 23.5 Å². The van der Waals surface area contributed by atoms with Crippen molar-refractivity contribution in [3.63, 3.8) is 0 Å². The van der Waals surface area contributed by atoms with Gasteiger partial charge in [0.05, 0.1) is 13.1 Å². The summed E-state index contributed by atoms with van der Waals surface area (Å²) in [5, 5.41) is 9.62. The molecular weight excluding hydrogens is 404 g/mol. The number of hydrogen-bond acceptors (Lipinski definition) is 3. The molecule has 1 aliphatic rings. The number of aliphatic carboxylic acids is 1. The highest BCUT2D eigenvalue weighted by atomic mass is 19.1. The molecule has 0 atom stereocenters. The van der Waals surface area contributed by atoms with E-state index in [4.69, 9.17) is 5.11 Å². The molecule has 0 spiro atoms. The second kappa shape index (κ2) is 8.67. The minimum atomic E-state index is -1.04. The molecule has 3 aromatic rings. The molecule has 0 aliphatic carbocycles. The number of benzene rings is 1. The molecule has 2 aromatic heterocycles. The van der Waals surface area contributed by atoms with E-state index in [1.807, 2.05) is 16.7 Å². The standard InChI is InChI=1S/C23H21F2N3O3/c24-16-8-7-15(19(25)12-16)13-28-20-14-27(21(29)5-1-2-6-22(30)31)11-9-17(20)18-4-3-10-26-23(18)28/h2-4,6-8,10,12H,1,5,9,11,13-14H2,(H,30,31). The van der Waals surface area contributed by atoms with E-state index in [0.29, 0.717) is 37.1 Å². The van der Waals surface area contributed by atoms with Gasteiger partial charge < -0.3 is 14.6 Å². The SMILES string of the molecule is O=C(O)C=CCCC(=O)N1CCc2c(n(Cc3ccc(F)cc3F)c3ncccc23)C1. The summed E-state index contributed by atoms with van der Waals surface area (Å²) in [6.07, 6.45) is 5.37. The Hall–Kier alpha value is -3.55. The average Bonchev–Trinajstić information content (AvgIpc) is 3.06. The van der Waals surface area contributed by atoms with E-state index in [-0.39, 0.29) is 18.9 Å². The second-order valence-electron chi connectivity index (χ2n) is 7.47. The van der Waals surface area contributed by atoms with Crippen LogP contribution >= 0.6 is 0 Å². The number of nitrogens with zero attached hydrogens (tertiary/aromatic N) is 3. The van der Waals surface area contributed by atoms with Crippen molar-refractivity contribution in [2.24, 2.45) is 0 Å². The van der Waals surface area contributed by atoms with Crippen LogP contribution in [0.1, 0.15) is 29.7 Å². The van der Waals surface area contributed by atoms with Gasteiger partial charge in [-0.05, 0) is 36.6 Å². The number of carboxylic acid groups (broad SMARTS) is 1. The molecule has 0 saturated heterocycles. The lowest BCUT2D eigenvalue weighted by molar-refractivity contribution is -0.133. The van der Waals surface area contributed by atoms with E-state index in [1.54, 1.807) is 11.1 Å². The van der Waals surface area contributed by atoms with Gasteiger partial charge in [0.25, 0.3) is 0 Å². The fourth-order valence-electron chi connectivity index (χ4n) is 4.01. The summed E-state index contributed by atoms with van der Waals surface area (Å²) < 4.78 is 29.5. The minimum absolute atomic E-state index is 0.0709. The molecule has 1 amide bonds. The van der Waals surface area contributed by atoms with Gasteiger partial charge in [-0.15, -0.1) is 0 Å². The minimum Gasteiger partial charge on any atom is -0.478 e. The lowest BCUT2D eigenvalue weighted by Crippen LogP contribution is -2.36. The summed E-state index contributed by atoms with van der Waals surface area (Å²) in [4.78, 5) is 29.4. The lowest BCUT2D eigenvalue weighted by atomic mass is 10.0. The monoisotopic (exact) mass is 425 g/mol. The smallest absolute Gasteiger partial charge is 0.327 e. The largest absolute Gasteiger partial charge is 0.478 e. The van der Waals surface area contributed by atoms with Crippen LogP contribution in [0.4, 0.5) is 8.78 Å². The molecule has 0 saturated carbocycles. The highest BCUT2D eigenvalue weighted by Gasteiger charge is 2.27. The molecule has 0 unspecified atom stereocenters. The highest BCUT2D eigenvalue weighted by Crippen LogP contribution is 2.31. The van der Waals surface area contributed by atoms with Crippen molar-refractivity contribution in [3.05, 3.63) is 77.1 Å². The Morgan fingerprint density at radius 3 is 2.84 bits per heavy atom. The number of allylic oxidation sites excluding steroid dienone is 1. The third kappa shape index (κ3) is 4.33. The summed E-state index contributed by atoms with van der Waals surface area (Å²) >= 11 is 0. The third-order valence-electron chi connectivity index (χ3n) is 5.50. The molecule has 8 heteroatoms. The third-order valence-corrected chi connectivity index (χ3v) is 5.50. The number of carboxylic acids is 1. The summed E-state index contributed by atoms with van der Waals surface area (Å²) in [7, 11) is 0. The zero-order chi connectivity index (χ0) is 22.0. The van der Waals surface area contributed by atoms with Crippen LogP contribution in [0.2, 0.25) is 0 Å². The first-order chi connectivity index (χ1) is 14.9. The number of carbonyl (C=O) groups is 2. The Balaban J connectivity index is 1.62. The van der Waals surface area contributed by atoms with Crippen molar-refractivity contribution in [2.75, 3.05) is 6.54 Å². The number of aromatic nitrogens is 2. The van der Waals surface area contributed by atoms with Crippen LogP contribution in [-0.2, 0) is 29.1 Å². The zero-order valence-electron chi connectivity index (χ0n) is 16.7. The van der Waals surface area contributed by atoms with Gasteiger partial charge in [0.2, 0.25) is 5.91 Å². The Labute approximate surface area is 177 Å². The van der Waals surface area contributed by atoms with Crippen molar-refractivity contribution >= 4 is 22.9 Å². The topological polar surface area (TPSA) is 75.4 Å². The molecule has 1 N–H and O–H groups in total. The predicted molar refractivity (Wildman–Crippen MR) is 110 cm³/mol. The van der Waals surface area contributed by atoms with E-state index in [2.05, 4.69) is 4.98 Å². The maximum atomic E-state index is 14.3. The summed E-state index contributed by atoms with van der Waals surface area (Å²) in [6.45, 7) is 1.09. The number of amides is 1. The van der Waals surface area contributed by atoms with Crippen LogP contribution < -0.4 is 0 Å². The van der Waals surface area contributed by atoms with Crippen LogP contribution in [0, 0.1) is 11.6 Å². The van der Waals surface area contributed by atoms with Crippen LogP contribution in [0.5, 0.6) is 0 Å². The van der Waals surface area contributed by atoms with E-state index >= 15 is 0 Å². The first kappa shape index (κ1) is 20.7. The zero-order valence-corrected chi connectivity index (χ0v) is 16.7. The molecule has 4 rings (SSSR count). The Morgan fingerprint density at radius 2 is 2.06 bits per heavy atom. The van der Waals surface area contributed by atoms with Gasteiger partial charge in [0.1, 0.15) is 17.3 Å². The van der Waals surface area contributed by atoms with Gasteiger partial charge in [-0.2, -0.15) is 0 Å². The number of hydrogen-bond donors (Lipinski definition) is 1.